The fourth-order valence-electron chi connectivity index (χ4n) is 2.16. The summed E-state index contributed by atoms with van der Waals surface area (Å²) in [7, 11) is 0. The topological polar surface area (TPSA) is 59.2 Å². The number of aryl methyl sites for hydroxylation is 1. The number of nitrogens with two attached hydrogens (primary N) is 1. The Labute approximate surface area is 118 Å². The second-order valence-corrected chi connectivity index (χ2v) is 5.13. The maximum atomic E-state index is 12.1. The molecule has 0 atom stereocenters. The number of pyridine rings is 1. The molecule has 1 saturated heterocycles. The molecule has 1 aliphatic heterocycles. The molecule has 0 spiro atoms. The predicted octanol–water partition coefficient (Wildman–Crippen LogP) is 2.36. The molecule has 2 rings (SSSR count). The molecule has 5 heteroatoms. The van der Waals surface area contributed by atoms with Crippen LogP contribution >= 0.6 is 11.6 Å². The molecular formula is C14H18ClN3O. The van der Waals surface area contributed by atoms with Crippen molar-refractivity contribution in [1.82, 2.24) is 9.88 Å². The highest BCUT2D eigenvalue weighted by atomic mass is 35.5. The first-order chi connectivity index (χ1) is 9.08. The maximum Gasteiger partial charge on any atom is 0.248 e. The summed E-state index contributed by atoms with van der Waals surface area (Å²) >= 11 is 6.04. The number of likely N-dealkylation sites (tertiary alicyclic amines) is 1. The van der Waals surface area contributed by atoms with Crippen LogP contribution in [0.1, 0.15) is 30.5 Å². The van der Waals surface area contributed by atoms with E-state index in [1.54, 1.807) is 6.07 Å². The van der Waals surface area contributed by atoms with Crippen molar-refractivity contribution < 1.29 is 4.79 Å². The third kappa shape index (κ3) is 3.47. The molecule has 0 unspecified atom stereocenters. The SMILES string of the molecule is Cc1ccc(/C(N)=C/C(=O)N2CCCCC2)c(Cl)n1. The van der Waals surface area contributed by atoms with Gasteiger partial charge in [0.05, 0.1) is 0 Å². The minimum absolute atomic E-state index is 0.0474. The summed E-state index contributed by atoms with van der Waals surface area (Å²) in [6.45, 7) is 3.47. The van der Waals surface area contributed by atoms with Gasteiger partial charge in [0.1, 0.15) is 5.15 Å². The van der Waals surface area contributed by atoms with Crippen LogP contribution in [0.2, 0.25) is 5.15 Å². The Kier molecular flexibility index (Phi) is 4.43. The van der Waals surface area contributed by atoms with Crippen LogP contribution in [-0.4, -0.2) is 28.9 Å². The Morgan fingerprint density at radius 3 is 2.68 bits per heavy atom. The molecule has 1 aromatic rings. The van der Waals surface area contributed by atoms with Gasteiger partial charge in [0.15, 0.2) is 0 Å². The van der Waals surface area contributed by atoms with E-state index in [-0.39, 0.29) is 5.91 Å². The van der Waals surface area contributed by atoms with Gasteiger partial charge in [-0.25, -0.2) is 4.98 Å². The van der Waals surface area contributed by atoms with Crippen LogP contribution in [0, 0.1) is 6.92 Å². The van der Waals surface area contributed by atoms with Gasteiger partial charge in [0.2, 0.25) is 5.91 Å². The highest BCUT2D eigenvalue weighted by Crippen LogP contribution is 2.19. The highest BCUT2D eigenvalue weighted by Gasteiger charge is 2.15. The molecule has 2 N–H and O–H groups in total. The summed E-state index contributed by atoms with van der Waals surface area (Å²) < 4.78 is 0. The largest absolute Gasteiger partial charge is 0.398 e. The average molecular weight is 280 g/mol. The van der Waals surface area contributed by atoms with Crippen LogP contribution in [0.25, 0.3) is 5.70 Å². The molecule has 0 aromatic carbocycles. The van der Waals surface area contributed by atoms with Crippen LogP contribution in [0.3, 0.4) is 0 Å². The zero-order valence-electron chi connectivity index (χ0n) is 11.0. The van der Waals surface area contributed by atoms with Crippen LogP contribution in [0.4, 0.5) is 0 Å². The van der Waals surface area contributed by atoms with Gasteiger partial charge in [-0.05, 0) is 38.3 Å². The second kappa shape index (κ2) is 6.06. The summed E-state index contributed by atoms with van der Waals surface area (Å²) in [6.07, 6.45) is 4.76. The van der Waals surface area contributed by atoms with Crippen molar-refractivity contribution >= 4 is 23.2 Å². The molecular weight excluding hydrogens is 262 g/mol. The van der Waals surface area contributed by atoms with Gasteiger partial charge in [-0.2, -0.15) is 0 Å². The molecule has 4 nitrogen and oxygen atoms in total. The fourth-order valence-corrected chi connectivity index (χ4v) is 2.46. The second-order valence-electron chi connectivity index (χ2n) is 4.78. The van der Waals surface area contributed by atoms with E-state index in [0.717, 1.165) is 31.6 Å². The van der Waals surface area contributed by atoms with Crippen LogP contribution in [0.5, 0.6) is 0 Å². The minimum Gasteiger partial charge on any atom is -0.398 e. The molecule has 0 aliphatic carbocycles. The average Bonchev–Trinajstić information content (AvgIpc) is 2.39. The number of carbonyl (C=O) groups excluding carboxylic acids is 1. The number of carbonyl (C=O) groups is 1. The van der Waals surface area contributed by atoms with Gasteiger partial charge in [0.25, 0.3) is 0 Å². The first kappa shape index (κ1) is 13.9. The van der Waals surface area contributed by atoms with E-state index < -0.39 is 0 Å². The Bertz CT molecular complexity index is 507. The van der Waals surface area contributed by atoms with Crippen molar-refractivity contribution in [2.75, 3.05) is 13.1 Å². The lowest BCUT2D eigenvalue weighted by atomic mass is 10.1. The standard InChI is InChI=1S/C14H18ClN3O/c1-10-5-6-11(14(15)17-10)12(16)9-13(19)18-7-3-2-4-8-18/h5-6,9H,2-4,7-8,16H2,1H3/b12-9-. The third-order valence-electron chi connectivity index (χ3n) is 3.25. The molecule has 19 heavy (non-hydrogen) atoms. The fraction of sp³-hybridized carbons (Fsp3) is 0.429. The van der Waals surface area contributed by atoms with Crippen molar-refractivity contribution in [3.05, 3.63) is 34.6 Å². The van der Waals surface area contributed by atoms with E-state index >= 15 is 0 Å². The lowest BCUT2D eigenvalue weighted by Gasteiger charge is -2.25. The van der Waals surface area contributed by atoms with E-state index in [1.165, 1.54) is 12.5 Å². The van der Waals surface area contributed by atoms with Crippen molar-refractivity contribution in [2.24, 2.45) is 5.73 Å². The van der Waals surface area contributed by atoms with E-state index in [2.05, 4.69) is 4.98 Å². The minimum atomic E-state index is -0.0474. The molecule has 2 heterocycles. The van der Waals surface area contributed by atoms with E-state index in [0.29, 0.717) is 16.4 Å². The van der Waals surface area contributed by atoms with Crippen molar-refractivity contribution in [3.63, 3.8) is 0 Å². The number of nitrogens with zero attached hydrogens (tertiary/aromatic N) is 2. The van der Waals surface area contributed by atoms with Crippen LogP contribution in [-0.2, 0) is 4.79 Å². The van der Waals surface area contributed by atoms with Gasteiger partial charge >= 0.3 is 0 Å². The molecule has 1 aliphatic rings. The summed E-state index contributed by atoms with van der Waals surface area (Å²) in [5, 5.41) is 0.334. The van der Waals surface area contributed by atoms with Crippen LogP contribution in [0.15, 0.2) is 18.2 Å². The molecule has 0 bridgehead atoms. The zero-order valence-corrected chi connectivity index (χ0v) is 11.8. The van der Waals surface area contributed by atoms with Gasteiger partial charge in [-0.15, -0.1) is 0 Å². The Morgan fingerprint density at radius 1 is 1.37 bits per heavy atom. The Hall–Kier alpha value is -1.55. The number of halogens is 1. The lowest BCUT2D eigenvalue weighted by Crippen LogP contribution is -2.34. The normalized spacial score (nSPS) is 16.5. The van der Waals surface area contributed by atoms with Gasteiger partial charge < -0.3 is 10.6 Å². The summed E-state index contributed by atoms with van der Waals surface area (Å²) in [5.74, 6) is -0.0474. The summed E-state index contributed by atoms with van der Waals surface area (Å²) in [6, 6.07) is 3.62. The smallest absolute Gasteiger partial charge is 0.248 e. The first-order valence-electron chi connectivity index (χ1n) is 6.47. The molecule has 1 aromatic heterocycles. The van der Waals surface area contributed by atoms with E-state index in [1.807, 2.05) is 17.9 Å². The van der Waals surface area contributed by atoms with Crippen molar-refractivity contribution in [1.29, 1.82) is 0 Å². The Balaban J connectivity index is 2.15. The van der Waals surface area contributed by atoms with Gasteiger partial charge in [0, 0.05) is 36.1 Å². The summed E-state index contributed by atoms with van der Waals surface area (Å²) in [4.78, 5) is 18.0. The number of amides is 1. The summed E-state index contributed by atoms with van der Waals surface area (Å²) in [5.41, 5.74) is 7.74. The van der Waals surface area contributed by atoms with Crippen LogP contribution < -0.4 is 5.73 Å². The predicted molar refractivity (Wildman–Crippen MR) is 76.6 cm³/mol. The van der Waals surface area contributed by atoms with Gasteiger partial charge in [-0.3, -0.25) is 4.79 Å². The number of aromatic nitrogens is 1. The number of piperidine rings is 1. The Morgan fingerprint density at radius 2 is 2.05 bits per heavy atom. The van der Waals surface area contributed by atoms with Crippen molar-refractivity contribution in [2.45, 2.75) is 26.2 Å². The maximum absolute atomic E-state index is 12.1. The lowest BCUT2D eigenvalue weighted by molar-refractivity contribution is -0.126. The molecule has 0 saturated carbocycles. The number of rotatable bonds is 2. The number of hydrogen-bond acceptors (Lipinski definition) is 3. The van der Waals surface area contributed by atoms with E-state index in [4.69, 9.17) is 17.3 Å². The molecule has 1 amide bonds. The van der Waals surface area contributed by atoms with E-state index in [9.17, 15) is 4.79 Å². The molecule has 1 fully saturated rings. The van der Waals surface area contributed by atoms with Gasteiger partial charge in [-0.1, -0.05) is 11.6 Å². The molecule has 0 radical (unpaired) electrons. The molecule has 102 valence electrons. The third-order valence-corrected chi connectivity index (χ3v) is 3.53. The monoisotopic (exact) mass is 279 g/mol. The quantitative estimate of drug-likeness (QED) is 0.668. The first-order valence-corrected chi connectivity index (χ1v) is 6.85. The number of hydrogen-bond donors (Lipinski definition) is 1. The van der Waals surface area contributed by atoms with Crippen molar-refractivity contribution in [3.8, 4) is 0 Å². The highest BCUT2D eigenvalue weighted by molar-refractivity contribution is 6.31. The zero-order chi connectivity index (χ0) is 13.8.